The third kappa shape index (κ3) is 1.97. The fourth-order valence-electron chi connectivity index (χ4n) is 1.36. The van der Waals surface area contributed by atoms with Gasteiger partial charge in [-0.3, -0.25) is 5.10 Å². The van der Waals surface area contributed by atoms with Crippen LogP contribution in [0.5, 0.6) is 5.75 Å². The second-order valence-corrected chi connectivity index (χ2v) is 3.12. The van der Waals surface area contributed by atoms with Crippen molar-refractivity contribution in [3.05, 3.63) is 42.0 Å². The van der Waals surface area contributed by atoms with E-state index >= 15 is 0 Å². The Morgan fingerprint density at radius 1 is 1.47 bits per heavy atom. The molecule has 78 valence electrons. The van der Waals surface area contributed by atoms with Crippen LogP contribution in [0, 0.1) is 0 Å². The number of hydrogen-bond acceptors (Lipinski definition) is 4. The maximum absolute atomic E-state index is 6.00. The Morgan fingerprint density at radius 3 is 3.00 bits per heavy atom. The second kappa shape index (κ2) is 4.10. The molecule has 0 saturated heterocycles. The Morgan fingerprint density at radius 2 is 2.33 bits per heavy atom. The van der Waals surface area contributed by atoms with E-state index < -0.39 is 0 Å². The molecule has 0 bridgehead atoms. The van der Waals surface area contributed by atoms with Crippen LogP contribution in [-0.4, -0.2) is 22.3 Å². The number of nitrogens with zero attached hydrogens (tertiary/aromatic N) is 2. The fraction of sp³-hybridized carbons (Fsp3) is 0.200. The van der Waals surface area contributed by atoms with Gasteiger partial charge in [0.1, 0.15) is 17.9 Å². The van der Waals surface area contributed by atoms with Gasteiger partial charge in [0.05, 0.1) is 13.2 Å². The van der Waals surface area contributed by atoms with Gasteiger partial charge >= 0.3 is 0 Å². The zero-order valence-electron chi connectivity index (χ0n) is 8.34. The van der Waals surface area contributed by atoms with Gasteiger partial charge in [0, 0.05) is 0 Å². The molecule has 5 heteroatoms. The first kappa shape index (κ1) is 9.67. The summed E-state index contributed by atoms with van der Waals surface area (Å²) in [6, 6.07) is 7.27. The summed E-state index contributed by atoms with van der Waals surface area (Å²) in [6.45, 7) is 0. The van der Waals surface area contributed by atoms with E-state index in [9.17, 15) is 0 Å². The molecule has 0 unspecified atom stereocenters. The molecule has 0 spiro atoms. The maximum atomic E-state index is 6.00. The van der Waals surface area contributed by atoms with Crippen LogP contribution in [0.15, 0.2) is 30.6 Å². The van der Waals surface area contributed by atoms with Gasteiger partial charge in [0.15, 0.2) is 0 Å². The highest BCUT2D eigenvalue weighted by Crippen LogP contribution is 2.20. The van der Waals surface area contributed by atoms with E-state index in [0.29, 0.717) is 5.82 Å². The normalized spacial score (nSPS) is 12.4. The van der Waals surface area contributed by atoms with Crippen molar-refractivity contribution in [2.24, 2.45) is 5.73 Å². The molecule has 2 aromatic rings. The quantitative estimate of drug-likeness (QED) is 0.777. The number of aromatic amines is 1. The Kier molecular flexibility index (Phi) is 2.64. The van der Waals surface area contributed by atoms with Crippen LogP contribution < -0.4 is 10.5 Å². The molecule has 0 fully saturated rings. The van der Waals surface area contributed by atoms with Crippen LogP contribution in [0.2, 0.25) is 0 Å². The van der Waals surface area contributed by atoms with Crippen LogP contribution in [0.4, 0.5) is 0 Å². The Bertz CT molecular complexity index is 427. The smallest absolute Gasteiger partial charge is 0.145 e. The zero-order chi connectivity index (χ0) is 10.7. The standard InChI is InChI=1S/C10H12N4O/c1-15-8-4-2-3-7(5-8)9(11)10-12-6-13-14-10/h2-6,9H,11H2,1H3,(H,12,13,14)/t9-/m0/s1. The number of aromatic nitrogens is 3. The van der Waals surface area contributed by atoms with Gasteiger partial charge < -0.3 is 10.5 Å². The first-order valence-corrected chi connectivity index (χ1v) is 4.56. The monoisotopic (exact) mass is 204 g/mol. The molecule has 15 heavy (non-hydrogen) atoms. The average molecular weight is 204 g/mol. The van der Waals surface area contributed by atoms with Crippen LogP contribution in [0.25, 0.3) is 0 Å². The van der Waals surface area contributed by atoms with E-state index in [1.807, 2.05) is 24.3 Å². The van der Waals surface area contributed by atoms with E-state index in [-0.39, 0.29) is 6.04 Å². The van der Waals surface area contributed by atoms with Crippen LogP contribution in [0.3, 0.4) is 0 Å². The number of methoxy groups -OCH3 is 1. The maximum Gasteiger partial charge on any atom is 0.145 e. The molecule has 1 aromatic carbocycles. The van der Waals surface area contributed by atoms with Crippen LogP contribution >= 0.6 is 0 Å². The lowest BCUT2D eigenvalue weighted by Gasteiger charge is -2.09. The molecule has 1 atom stereocenters. The van der Waals surface area contributed by atoms with Gasteiger partial charge in [-0.1, -0.05) is 12.1 Å². The van der Waals surface area contributed by atoms with E-state index in [4.69, 9.17) is 10.5 Å². The molecule has 2 rings (SSSR count). The summed E-state index contributed by atoms with van der Waals surface area (Å²) in [4.78, 5) is 4.02. The van der Waals surface area contributed by atoms with E-state index in [0.717, 1.165) is 11.3 Å². The lowest BCUT2D eigenvalue weighted by atomic mass is 10.1. The number of ether oxygens (including phenoxy) is 1. The highest BCUT2D eigenvalue weighted by Gasteiger charge is 2.11. The van der Waals surface area contributed by atoms with Crippen molar-refractivity contribution in [2.75, 3.05) is 7.11 Å². The van der Waals surface area contributed by atoms with Crippen molar-refractivity contribution in [2.45, 2.75) is 6.04 Å². The third-order valence-electron chi connectivity index (χ3n) is 2.18. The number of H-pyrrole nitrogens is 1. The summed E-state index contributed by atoms with van der Waals surface area (Å²) in [5, 5.41) is 6.51. The van der Waals surface area contributed by atoms with Crippen molar-refractivity contribution in [1.82, 2.24) is 15.2 Å². The zero-order valence-corrected chi connectivity index (χ0v) is 8.34. The fourth-order valence-corrected chi connectivity index (χ4v) is 1.36. The molecule has 0 saturated carbocycles. The summed E-state index contributed by atoms with van der Waals surface area (Å²) in [5.74, 6) is 1.42. The van der Waals surface area contributed by atoms with Gasteiger partial charge in [-0.25, -0.2) is 4.98 Å². The van der Waals surface area contributed by atoms with Gasteiger partial charge in [-0.15, -0.1) is 0 Å². The number of hydrogen-bond donors (Lipinski definition) is 2. The number of benzene rings is 1. The van der Waals surface area contributed by atoms with Gasteiger partial charge in [0.2, 0.25) is 0 Å². The molecular formula is C10H12N4O. The van der Waals surface area contributed by atoms with Crippen LogP contribution in [-0.2, 0) is 0 Å². The topological polar surface area (TPSA) is 76.8 Å². The van der Waals surface area contributed by atoms with Gasteiger partial charge in [-0.05, 0) is 17.7 Å². The SMILES string of the molecule is COc1cccc([C@H](N)c2ncn[nH]2)c1. The molecule has 0 aliphatic heterocycles. The summed E-state index contributed by atoms with van der Waals surface area (Å²) in [5.41, 5.74) is 6.93. The first-order valence-electron chi connectivity index (χ1n) is 4.56. The molecule has 1 aromatic heterocycles. The number of rotatable bonds is 3. The number of nitrogens with two attached hydrogens (primary N) is 1. The lowest BCUT2D eigenvalue weighted by molar-refractivity contribution is 0.414. The molecule has 0 aliphatic rings. The van der Waals surface area contributed by atoms with E-state index in [1.165, 1.54) is 6.33 Å². The highest BCUT2D eigenvalue weighted by molar-refractivity contribution is 5.32. The second-order valence-electron chi connectivity index (χ2n) is 3.12. The van der Waals surface area contributed by atoms with Crippen molar-refractivity contribution in [3.63, 3.8) is 0 Å². The predicted octanol–water partition coefficient (Wildman–Crippen LogP) is 0.861. The summed E-state index contributed by atoms with van der Waals surface area (Å²) >= 11 is 0. The molecule has 3 N–H and O–H groups in total. The molecule has 1 heterocycles. The minimum atomic E-state index is -0.303. The summed E-state index contributed by atoms with van der Waals surface area (Å²) < 4.78 is 5.12. The predicted molar refractivity (Wildman–Crippen MR) is 55.4 cm³/mol. The van der Waals surface area contributed by atoms with Crippen molar-refractivity contribution in [3.8, 4) is 5.75 Å². The third-order valence-corrected chi connectivity index (χ3v) is 2.18. The number of nitrogens with one attached hydrogen (secondary N) is 1. The Labute approximate surface area is 87.3 Å². The van der Waals surface area contributed by atoms with Crippen molar-refractivity contribution in [1.29, 1.82) is 0 Å². The van der Waals surface area contributed by atoms with Crippen molar-refractivity contribution < 1.29 is 4.74 Å². The summed E-state index contributed by atoms with van der Waals surface area (Å²) in [7, 11) is 1.62. The lowest BCUT2D eigenvalue weighted by Crippen LogP contribution is -2.13. The van der Waals surface area contributed by atoms with E-state index in [1.54, 1.807) is 7.11 Å². The van der Waals surface area contributed by atoms with Gasteiger partial charge in [-0.2, -0.15) is 5.10 Å². The van der Waals surface area contributed by atoms with Crippen LogP contribution in [0.1, 0.15) is 17.4 Å². The Balaban J connectivity index is 2.29. The molecule has 5 nitrogen and oxygen atoms in total. The highest BCUT2D eigenvalue weighted by atomic mass is 16.5. The molecule has 0 amide bonds. The molecule has 0 aliphatic carbocycles. The minimum absolute atomic E-state index is 0.303. The van der Waals surface area contributed by atoms with Crippen molar-refractivity contribution >= 4 is 0 Å². The van der Waals surface area contributed by atoms with Gasteiger partial charge in [0.25, 0.3) is 0 Å². The average Bonchev–Trinajstić information content (AvgIpc) is 2.81. The van der Waals surface area contributed by atoms with E-state index in [2.05, 4.69) is 15.2 Å². The minimum Gasteiger partial charge on any atom is -0.497 e. The summed E-state index contributed by atoms with van der Waals surface area (Å²) in [6.07, 6.45) is 1.44. The first-order chi connectivity index (χ1) is 7.31. The molecular weight excluding hydrogens is 192 g/mol. The Hall–Kier alpha value is -1.88. The largest absolute Gasteiger partial charge is 0.497 e. The molecule has 0 radical (unpaired) electrons.